The van der Waals surface area contributed by atoms with E-state index in [4.69, 9.17) is 0 Å². The van der Waals surface area contributed by atoms with E-state index >= 15 is 0 Å². The number of rotatable bonds is 1. The number of hydrogen-bond donors (Lipinski definition) is 2. The van der Waals surface area contributed by atoms with Crippen LogP contribution in [0.1, 0.15) is 5.69 Å². The Labute approximate surface area is 62.5 Å². The van der Waals surface area contributed by atoms with Crippen molar-refractivity contribution in [3.8, 4) is 0 Å². The standard InChI is InChI=1S/C6H8FN3O/c1-3-4(7)5(11)10-6(8-2)9-3/h1-2H3,(H2,8,9,10,11). The molecule has 0 spiro atoms. The van der Waals surface area contributed by atoms with Crippen molar-refractivity contribution in [3.05, 3.63) is 21.9 Å². The first-order valence-corrected chi connectivity index (χ1v) is 3.09. The van der Waals surface area contributed by atoms with Crippen LogP contribution >= 0.6 is 0 Å². The zero-order valence-corrected chi connectivity index (χ0v) is 6.23. The van der Waals surface area contributed by atoms with Crippen LogP contribution < -0.4 is 10.9 Å². The smallest absolute Gasteiger partial charge is 0.288 e. The van der Waals surface area contributed by atoms with Crippen LogP contribution in [-0.4, -0.2) is 17.0 Å². The third kappa shape index (κ3) is 1.36. The van der Waals surface area contributed by atoms with Gasteiger partial charge >= 0.3 is 0 Å². The van der Waals surface area contributed by atoms with Crippen LogP contribution in [0.15, 0.2) is 4.79 Å². The molecule has 0 aliphatic rings. The van der Waals surface area contributed by atoms with E-state index in [1.807, 2.05) is 0 Å². The number of nitrogens with zero attached hydrogens (tertiary/aromatic N) is 1. The first-order valence-electron chi connectivity index (χ1n) is 3.09. The molecule has 0 aliphatic heterocycles. The van der Waals surface area contributed by atoms with Gasteiger partial charge in [0.2, 0.25) is 11.8 Å². The second-order valence-corrected chi connectivity index (χ2v) is 2.06. The van der Waals surface area contributed by atoms with Crippen LogP contribution in [0.5, 0.6) is 0 Å². The van der Waals surface area contributed by atoms with Crippen molar-refractivity contribution in [1.82, 2.24) is 9.97 Å². The third-order valence-electron chi connectivity index (χ3n) is 1.27. The van der Waals surface area contributed by atoms with Crippen molar-refractivity contribution in [2.75, 3.05) is 12.4 Å². The van der Waals surface area contributed by atoms with E-state index in [9.17, 15) is 9.18 Å². The van der Waals surface area contributed by atoms with Gasteiger partial charge in [0.1, 0.15) is 0 Å². The minimum Gasteiger partial charge on any atom is -0.359 e. The molecule has 0 bridgehead atoms. The zero-order chi connectivity index (χ0) is 8.43. The summed E-state index contributed by atoms with van der Waals surface area (Å²) in [4.78, 5) is 16.6. The second-order valence-electron chi connectivity index (χ2n) is 2.06. The molecule has 0 amide bonds. The largest absolute Gasteiger partial charge is 0.359 e. The van der Waals surface area contributed by atoms with E-state index < -0.39 is 11.4 Å². The van der Waals surface area contributed by atoms with Gasteiger partial charge in [-0.1, -0.05) is 0 Å². The molecule has 0 radical (unpaired) electrons. The molecule has 1 heterocycles. The average Bonchev–Trinajstić information content (AvgIpc) is 1.99. The number of halogens is 1. The van der Waals surface area contributed by atoms with Crippen molar-refractivity contribution in [3.63, 3.8) is 0 Å². The highest BCUT2D eigenvalue weighted by molar-refractivity contribution is 5.23. The minimum atomic E-state index is -0.830. The van der Waals surface area contributed by atoms with Gasteiger partial charge in [-0.15, -0.1) is 0 Å². The van der Waals surface area contributed by atoms with Gasteiger partial charge in [-0.3, -0.25) is 9.78 Å². The molecule has 0 fully saturated rings. The lowest BCUT2D eigenvalue weighted by Crippen LogP contribution is -2.16. The fraction of sp³-hybridized carbons (Fsp3) is 0.333. The van der Waals surface area contributed by atoms with Gasteiger partial charge in [0.05, 0.1) is 5.69 Å². The molecule has 0 atom stereocenters. The Morgan fingerprint density at radius 3 is 2.73 bits per heavy atom. The number of nitrogens with one attached hydrogen (secondary N) is 2. The van der Waals surface area contributed by atoms with Crippen molar-refractivity contribution in [2.24, 2.45) is 0 Å². The number of anilines is 1. The highest BCUT2D eigenvalue weighted by atomic mass is 19.1. The maximum Gasteiger partial charge on any atom is 0.288 e. The maximum atomic E-state index is 12.6. The molecule has 2 N–H and O–H groups in total. The SMILES string of the molecule is CNc1nc(C)c(F)c(=O)[nH]1. The molecule has 60 valence electrons. The molecule has 11 heavy (non-hydrogen) atoms. The summed E-state index contributed by atoms with van der Waals surface area (Å²) in [6, 6.07) is 0. The Morgan fingerprint density at radius 2 is 2.27 bits per heavy atom. The van der Waals surface area contributed by atoms with Crippen LogP contribution in [0.4, 0.5) is 10.3 Å². The van der Waals surface area contributed by atoms with Crippen LogP contribution in [0.25, 0.3) is 0 Å². The Balaban J connectivity index is 3.32. The van der Waals surface area contributed by atoms with Gasteiger partial charge in [0.25, 0.3) is 5.56 Å². The second kappa shape index (κ2) is 2.69. The number of hydrogen-bond acceptors (Lipinski definition) is 3. The summed E-state index contributed by atoms with van der Waals surface area (Å²) in [6.45, 7) is 1.44. The van der Waals surface area contributed by atoms with Crippen LogP contribution in [0.3, 0.4) is 0 Å². The average molecular weight is 157 g/mol. The highest BCUT2D eigenvalue weighted by Gasteiger charge is 2.04. The van der Waals surface area contributed by atoms with Crippen LogP contribution in [-0.2, 0) is 0 Å². The minimum absolute atomic E-state index is 0.0955. The zero-order valence-electron chi connectivity index (χ0n) is 6.23. The Morgan fingerprint density at radius 1 is 1.64 bits per heavy atom. The lowest BCUT2D eigenvalue weighted by molar-refractivity contribution is 0.589. The van der Waals surface area contributed by atoms with Gasteiger partial charge in [-0.25, -0.2) is 4.98 Å². The lowest BCUT2D eigenvalue weighted by atomic mass is 10.4. The monoisotopic (exact) mass is 157 g/mol. The topological polar surface area (TPSA) is 57.8 Å². The maximum absolute atomic E-state index is 12.6. The molecule has 0 aromatic carbocycles. The van der Waals surface area contributed by atoms with Crippen LogP contribution in [0.2, 0.25) is 0 Å². The summed E-state index contributed by atoms with van der Waals surface area (Å²) >= 11 is 0. The third-order valence-corrected chi connectivity index (χ3v) is 1.27. The molecule has 4 nitrogen and oxygen atoms in total. The van der Waals surface area contributed by atoms with E-state index in [0.717, 1.165) is 0 Å². The fourth-order valence-corrected chi connectivity index (χ4v) is 0.690. The summed E-state index contributed by atoms with van der Waals surface area (Å²) in [7, 11) is 1.59. The molecule has 5 heteroatoms. The van der Waals surface area contributed by atoms with Crippen molar-refractivity contribution in [1.29, 1.82) is 0 Å². The van der Waals surface area contributed by atoms with E-state index in [1.54, 1.807) is 7.05 Å². The number of aromatic nitrogens is 2. The predicted molar refractivity (Wildman–Crippen MR) is 39.1 cm³/mol. The van der Waals surface area contributed by atoms with Gasteiger partial charge in [0, 0.05) is 7.05 Å². The Kier molecular flexibility index (Phi) is 1.89. The van der Waals surface area contributed by atoms with Crippen molar-refractivity contribution >= 4 is 5.95 Å². The van der Waals surface area contributed by atoms with Gasteiger partial charge in [-0.2, -0.15) is 4.39 Å². The summed E-state index contributed by atoms with van der Waals surface area (Å²) in [5, 5.41) is 2.60. The predicted octanol–water partition coefficient (Wildman–Crippen LogP) is 0.259. The Hall–Kier alpha value is -1.39. The van der Waals surface area contributed by atoms with Crippen molar-refractivity contribution in [2.45, 2.75) is 6.92 Å². The fourth-order valence-electron chi connectivity index (χ4n) is 0.690. The molecule has 0 unspecified atom stereocenters. The molecule has 0 aliphatic carbocycles. The number of aryl methyl sites for hydroxylation is 1. The van der Waals surface area contributed by atoms with Crippen LogP contribution in [0, 0.1) is 12.7 Å². The van der Waals surface area contributed by atoms with E-state index in [1.165, 1.54) is 6.92 Å². The number of aromatic amines is 1. The summed E-state index contributed by atoms with van der Waals surface area (Å²) < 4.78 is 12.6. The molecular formula is C6H8FN3O. The van der Waals surface area contributed by atoms with Crippen molar-refractivity contribution < 1.29 is 4.39 Å². The van der Waals surface area contributed by atoms with E-state index in [0.29, 0.717) is 0 Å². The van der Waals surface area contributed by atoms with E-state index in [-0.39, 0.29) is 11.6 Å². The normalized spacial score (nSPS) is 9.73. The highest BCUT2D eigenvalue weighted by Crippen LogP contribution is 1.98. The molecule has 1 rings (SSSR count). The molecule has 1 aromatic heterocycles. The first-order chi connectivity index (χ1) is 5.15. The molecule has 0 saturated carbocycles. The first kappa shape index (κ1) is 7.71. The molecule has 0 saturated heterocycles. The Bertz CT molecular complexity index is 320. The van der Waals surface area contributed by atoms with E-state index in [2.05, 4.69) is 15.3 Å². The molecule has 1 aromatic rings. The lowest BCUT2D eigenvalue weighted by Gasteiger charge is -1.99. The van der Waals surface area contributed by atoms with Gasteiger partial charge < -0.3 is 5.32 Å². The van der Waals surface area contributed by atoms with Gasteiger partial charge in [0.15, 0.2) is 0 Å². The van der Waals surface area contributed by atoms with Gasteiger partial charge in [-0.05, 0) is 6.92 Å². The summed E-state index contributed by atoms with van der Waals surface area (Å²) in [6.07, 6.45) is 0. The summed E-state index contributed by atoms with van der Waals surface area (Å²) in [5.41, 5.74) is -0.653. The quantitative estimate of drug-likeness (QED) is 0.614. The summed E-state index contributed by atoms with van der Waals surface area (Å²) in [5.74, 6) is -0.557. The number of H-pyrrole nitrogens is 1. The molecular weight excluding hydrogens is 149 g/mol.